The van der Waals surface area contributed by atoms with E-state index in [9.17, 15) is 4.79 Å². The van der Waals surface area contributed by atoms with Crippen LogP contribution in [0.4, 0.5) is 0 Å². The highest BCUT2D eigenvalue weighted by atomic mass is 16.4. The van der Waals surface area contributed by atoms with Crippen LogP contribution >= 0.6 is 0 Å². The Balaban J connectivity index is 1.76. The van der Waals surface area contributed by atoms with Gasteiger partial charge in [0.15, 0.2) is 0 Å². The van der Waals surface area contributed by atoms with Crippen LogP contribution in [-0.4, -0.2) is 16.1 Å². The van der Waals surface area contributed by atoms with Crippen LogP contribution in [0.2, 0.25) is 0 Å². The number of benzene rings is 2. The molecule has 24 heavy (non-hydrogen) atoms. The highest BCUT2D eigenvalue weighted by molar-refractivity contribution is 5.95. The molecule has 0 amide bonds. The van der Waals surface area contributed by atoms with Crippen LogP contribution < -0.4 is 5.32 Å². The van der Waals surface area contributed by atoms with E-state index in [1.54, 1.807) is 12.1 Å². The predicted molar refractivity (Wildman–Crippen MR) is 95.0 cm³/mol. The molecule has 1 aliphatic rings. The first-order valence-corrected chi connectivity index (χ1v) is 7.98. The number of hydrogen-bond donors (Lipinski definition) is 3. The number of nitrogens with one attached hydrogen (secondary N) is 2. The van der Waals surface area contributed by atoms with Crippen LogP contribution in [-0.2, 0) is 13.0 Å². The lowest BCUT2D eigenvalue weighted by Crippen LogP contribution is -2.14. The lowest BCUT2D eigenvalue weighted by atomic mass is 9.92. The number of H-pyrrole nitrogens is 1. The van der Waals surface area contributed by atoms with Crippen molar-refractivity contribution in [2.24, 2.45) is 0 Å². The van der Waals surface area contributed by atoms with Crippen LogP contribution in [0.1, 0.15) is 32.7 Å². The fraction of sp³-hybridized carbons (Fsp3) is 0.150. The molecule has 2 heterocycles. The number of carboxylic acids is 1. The molecule has 3 aromatic rings. The second kappa shape index (κ2) is 5.57. The number of carboxylic acid groups (broad SMARTS) is 1. The van der Waals surface area contributed by atoms with Crippen molar-refractivity contribution < 1.29 is 9.90 Å². The van der Waals surface area contributed by atoms with Gasteiger partial charge in [-0.15, -0.1) is 0 Å². The number of hydrogen-bond acceptors (Lipinski definition) is 2. The fourth-order valence-corrected chi connectivity index (χ4v) is 3.44. The molecule has 4 heteroatoms. The fourth-order valence-electron chi connectivity index (χ4n) is 3.44. The number of carbonyl (C=O) groups is 1. The van der Waals surface area contributed by atoms with Crippen molar-refractivity contribution >= 4 is 22.4 Å². The average Bonchev–Trinajstić information content (AvgIpc) is 2.90. The van der Waals surface area contributed by atoms with E-state index in [0.717, 1.165) is 29.6 Å². The minimum Gasteiger partial charge on any atom is -0.478 e. The van der Waals surface area contributed by atoms with E-state index in [0.29, 0.717) is 5.56 Å². The van der Waals surface area contributed by atoms with E-state index in [2.05, 4.69) is 40.8 Å². The van der Waals surface area contributed by atoms with Gasteiger partial charge in [-0.2, -0.15) is 0 Å². The van der Waals surface area contributed by atoms with Crippen LogP contribution in [0.3, 0.4) is 0 Å². The van der Waals surface area contributed by atoms with Crippen molar-refractivity contribution in [2.75, 3.05) is 0 Å². The van der Waals surface area contributed by atoms with Crippen LogP contribution in [0, 0.1) is 6.92 Å². The summed E-state index contributed by atoms with van der Waals surface area (Å²) in [5.41, 5.74) is 7.32. The molecule has 0 radical (unpaired) electrons. The number of aromatic nitrogens is 1. The summed E-state index contributed by atoms with van der Waals surface area (Å²) in [4.78, 5) is 14.5. The predicted octanol–water partition coefficient (Wildman–Crippen LogP) is 3.86. The third-order valence-electron chi connectivity index (χ3n) is 4.67. The van der Waals surface area contributed by atoms with E-state index in [1.165, 1.54) is 22.3 Å². The zero-order chi connectivity index (χ0) is 16.7. The summed E-state index contributed by atoms with van der Waals surface area (Å²) in [7, 11) is 0. The van der Waals surface area contributed by atoms with Crippen LogP contribution in [0.25, 0.3) is 16.5 Å². The second-order valence-corrected chi connectivity index (χ2v) is 6.18. The Kier molecular flexibility index (Phi) is 3.38. The first-order valence-electron chi connectivity index (χ1n) is 7.98. The summed E-state index contributed by atoms with van der Waals surface area (Å²) in [5.74, 6) is -0.904. The van der Waals surface area contributed by atoms with Crippen molar-refractivity contribution in [3.63, 3.8) is 0 Å². The molecule has 1 aliphatic heterocycles. The molecule has 0 saturated heterocycles. The first kappa shape index (κ1) is 14.6. The molecule has 4 rings (SSSR count). The zero-order valence-corrected chi connectivity index (χ0v) is 13.4. The van der Waals surface area contributed by atoms with E-state index in [1.807, 2.05) is 13.0 Å². The van der Waals surface area contributed by atoms with Gasteiger partial charge in [-0.3, -0.25) is 0 Å². The molecule has 0 fully saturated rings. The zero-order valence-electron chi connectivity index (χ0n) is 13.4. The van der Waals surface area contributed by atoms with Gasteiger partial charge in [0.25, 0.3) is 0 Å². The summed E-state index contributed by atoms with van der Waals surface area (Å²) in [6, 6.07) is 13.7. The molecule has 3 N–H and O–H groups in total. The number of allylic oxidation sites excluding steroid dienone is 1. The Morgan fingerprint density at radius 3 is 2.88 bits per heavy atom. The molecule has 0 saturated carbocycles. The molecular weight excluding hydrogens is 300 g/mol. The summed E-state index contributed by atoms with van der Waals surface area (Å²) >= 11 is 0. The van der Waals surface area contributed by atoms with Gasteiger partial charge in [0.05, 0.1) is 5.56 Å². The van der Waals surface area contributed by atoms with Gasteiger partial charge in [-0.05, 0) is 41.3 Å². The molecular formula is C20H18N2O2. The lowest BCUT2D eigenvalue weighted by Gasteiger charge is -2.19. The van der Waals surface area contributed by atoms with Crippen molar-refractivity contribution in [1.29, 1.82) is 0 Å². The Morgan fingerprint density at radius 1 is 1.21 bits per heavy atom. The van der Waals surface area contributed by atoms with Crippen LogP contribution in [0.15, 0.2) is 48.7 Å². The van der Waals surface area contributed by atoms with Gasteiger partial charge in [-0.25, -0.2) is 4.79 Å². The van der Waals surface area contributed by atoms with E-state index >= 15 is 0 Å². The summed E-state index contributed by atoms with van der Waals surface area (Å²) in [6.45, 7) is 2.90. The molecule has 2 aromatic carbocycles. The summed E-state index contributed by atoms with van der Waals surface area (Å²) < 4.78 is 0. The number of rotatable bonds is 3. The van der Waals surface area contributed by atoms with Crippen molar-refractivity contribution in [2.45, 2.75) is 19.9 Å². The Hall–Kier alpha value is -3.01. The number of fused-ring (bicyclic) bond motifs is 2. The van der Waals surface area contributed by atoms with Crippen LogP contribution in [0.5, 0.6) is 0 Å². The molecule has 1 aromatic heterocycles. The van der Waals surface area contributed by atoms with Crippen molar-refractivity contribution in [1.82, 2.24) is 10.3 Å². The minimum atomic E-state index is -0.904. The minimum absolute atomic E-state index is 0.305. The number of aryl methyl sites for hydroxylation is 1. The van der Waals surface area contributed by atoms with Gasteiger partial charge in [0, 0.05) is 35.8 Å². The molecule has 0 bridgehead atoms. The number of aromatic amines is 1. The third kappa shape index (κ3) is 2.36. The van der Waals surface area contributed by atoms with Gasteiger partial charge < -0.3 is 15.4 Å². The van der Waals surface area contributed by atoms with E-state index < -0.39 is 5.97 Å². The molecule has 0 atom stereocenters. The molecule has 0 aliphatic carbocycles. The summed E-state index contributed by atoms with van der Waals surface area (Å²) in [6.07, 6.45) is 2.90. The standard InChI is InChI=1S/C20H18N2O2/c1-12-18(17-7-6-13(20(23)24)9-19(17)22-12)8-15-11-21-10-14-4-2-3-5-16(14)15/h2-7,9,11,21-22H,8,10H2,1H3,(H,23,24). The highest BCUT2D eigenvalue weighted by Gasteiger charge is 2.16. The van der Waals surface area contributed by atoms with Gasteiger partial charge in [-0.1, -0.05) is 30.3 Å². The van der Waals surface area contributed by atoms with Gasteiger partial charge in [0.1, 0.15) is 0 Å². The normalized spacial score (nSPS) is 13.3. The molecule has 120 valence electrons. The lowest BCUT2D eigenvalue weighted by molar-refractivity contribution is 0.0697. The topological polar surface area (TPSA) is 65.1 Å². The molecule has 4 nitrogen and oxygen atoms in total. The van der Waals surface area contributed by atoms with Gasteiger partial charge in [0.2, 0.25) is 0 Å². The van der Waals surface area contributed by atoms with E-state index in [4.69, 9.17) is 5.11 Å². The Bertz CT molecular complexity index is 982. The Labute approximate surface area is 139 Å². The maximum atomic E-state index is 11.2. The highest BCUT2D eigenvalue weighted by Crippen LogP contribution is 2.31. The number of aromatic carboxylic acids is 1. The average molecular weight is 318 g/mol. The van der Waals surface area contributed by atoms with Crippen molar-refractivity contribution in [3.05, 3.63) is 76.6 Å². The SMILES string of the molecule is Cc1[nH]c2cc(C(=O)O)ccc2c1CC1=CNCc2ccccc21. The smallest absolute Gasteiger partial charge is 0.335 e. The molecule has 0 unspecified atom stereocenters. The second-order valence-electron chi connectivity index (χ2n) is 6.18. The third-order valence-corrected chi connectivity index (χ3v) is 4.67. The summed E-state index contributed by atoms with van der Waals surface area (Å²) in [5, 5.41) is 13.6. The first-order chi connectivity index (χ1) is 11.6. The molecule has 0 spiro atoms. The monoisotopic (exact) mass is 318 g/mol. The largest absolute Gasteiger partial charge is 0.478 e. The maximum Gasteiger partial charge on any atom is 0.335 e. The van der Waals surface area contributed by atoms with Crippen molar-refractivity contribution in [3.8, 4) is 0 Å². The van der Waals surface area contributed by atoms with Gasteiger partial charge >= 0.3 is 5.97 Å². The maximum absolute atomic E-state index is 11.2. The van der Waals surface area contributed by atoms with E-state index in [-0.39, 0.29) is 0 Å². The quantitative estimate of drug-likeness (QED) is 0.687. The Morgan fingerprint density at radius 2 is 2.04 bits per heavy atom.